The Kier molecular flexibility index (Phi) is 10.2. The number of hydrogen-bond acceptors (Lipinski definition) is 5. The van der Waals surface area contributed by atoms with Gasteiger partial charge in [0.2, 0.25) is 0 Å². The third-order valence-corrected chi connectivity index (χ3v) is 11.6. The Balaban J connectivity index is 0.970. The molecule has 300 valence electrons. The Hall–Kier alpha value is -8.67. The van der Waals surface area contributed by atoms with Crippen LogP contribution in [0.15, 0.2) is 237 Å². The molecule has 64 heavy (non-hydrogen) atoms. The molecule has 0 aliphatic heterocycles. The molecule has 9 aromatic carbocycles. The average molecular weight is 818 g/mol. The highest BCUT2D eigenvalue weighted by molar-refractivity contribution is 6.06. The van der Waals surface area contributed by atoms with E-state index in [0.717, 1.165) is 88.9 Å². The second-order valence-corrected chi connectivity index (χ2v) is 15.6. The van der Waals surface area contributed by atoms with Gasteiger partial charge in [0.1, 0.15) is 0 Å². The van der Waals surface area contributed by atoms with Gasteiger partial charge in [-0.25, -0.2) is 24.9 Å². The molecule has 0 radical (unpaired) electrons. The van der Waals surface area contributed by atoms with Crippen molar-refractivity contribution in [2.24, 2.45) is 0 Å². The molecule has 0 aliphatic carbocycles. The molecule has 0 fully saturated rings. The number of fused-ring (bicyclic) bond motifs is 1. The Morgan fingerprint density at radius 3 is 1.16 bits per heavy atom. The molecule has 0 saturated carbocycles. The monoisotopic (exact) mass is 817 g/mol. The lowest BCUT2D eigenvalue weighted by Gasteiger charge is -2.18. The van der Waals surface area contributed by atoms with Crippen LogP contribution in [0.2, 0.25) is 0 Å². The van der Waals surface area contributed by atoms with Gasteiger partial charge in [0.05, 0.1) is 11.4 Å². The molecule has 0 saturated heterocycles. The average Bonchev–Trinajstić information content (AvgIpc) is 3.39. The molecule has 0 unspecified atom stereocenters. The molecule has 0 N–H and O–H groups in total. The summed E-state index contributed by atoms with van der Waals surface area (Å²) in [4.78, 5) is 25.4. The van der Waals surface area contributed by atoms with Gasteiger partial charge < -0.3 is 0 Å². The summed E-state index contributed by atoms with van der Waals surface area (Å²) in [6.07, 6.45) is 0. The third-order valence-electron chi connectivity index (χ3n) is 11.6. The summed E-state index contributed by atoms with van der Waals surface area (Å²) in [5.41, 5.74) is 14.3. The number of benzene rings is 9. The fraction of sp³-hybridized carbons (Fsp3) is 0. The predicted molar refractivity (Wildman–Crippen MR) is 262 cm³/mol. The lowest BCUT2D eigenvalue weighted by atomic mass is 9.87. The molecule has 2 heterocycles. The second kappa shape index (κ2) is 17.0. The zero-order chi connectivity index (χ0) is 42.7. The van der Waals surface area contributed by atoms with Crippen molar-refractivity contribution >= 4 is 10.8 Å². The van der Waals surface area contributed by atoms with Gasteiger partial charge >= 0.3 is 0 Å². The van der Waals surface area contributed by atoms with E-state index in [4.69, 9.17) is 24.9 Å². The van der Waals surface area contributed by atoms with Gasteiger partial charge in [-0.2, -0.15) is 0 Å². The van der Waals surface area contributed by atoms with Gasteiger partial charge in [0.25, 0.3) is 0 Å². The molecule has 11 rings (SSSR count). The van der Waals surface area contributed by atoms with E-state index in [-0.39, 0.29) is 0 Å². The molecular weight excluding hydrogens is 779 g/mol. The minimum Gasteiger partial charge on any atom is -0.228 e. The molecule has 0 aliphatic rings. The first-order chi connectivity index (χ1) is 31.7. The first-order valence-electron chi connectivity index (χ1n) is 21.4. The standard InChI is InChI=1S/C59H39N5/c1-5-18-44(19-6-1)53-39-54(45-20-7-2-8-21-45)61-56(60-53)48-35-31-41(32-36-48)40-29-33-43(34-30-40)49-26-15-16-28-51(49)55-50-27-14-13-17-42(50)37-38-52(55)59-63-57(46-22-9-3-10-23-46)62-58(64-59)47-24-11-4-12-25-47/h1-39H. The van der Waals surface area contributed by atoms with E-state index in [1.165, 1.54) is 0 Å². The fourth-order valence-corrected chi connectivity index (χ4v) is 8.37. The van der Waals surface area contributed by atoms with Crippen LogP contribution in [0.25, 0.3) is 112 Å². The van der Waals surface area contributed by atoms with Crippen LogP contribution in [-0.2, 0) is 0 Å². The maximum Gasteiger partial charge on any atom is 0.164 e. The summed E-state index contributed by atoms with van der Waals surface area (Å²) in [6, 6.07) is 81.8. The lowest BCUT2D eigenvalue weighted by Crippen LogP contribution is -2.01. The Morgan fingerprint density at radius 2 is 0.609 bits per heavy atom. The van der Waals surface area contributed by atoms with Crippen molar-refractivity contribution in [1.82, 2.24) is 24.9 Å². The second-order valence-electron chi connectivity index (χ2n) is 15.6. The summed E-state index contributed by atoms with van der Waals surface area (Å²) >= 11 is 0. The summed E-state index contributed by atoms with van der Waals surface area (Å²) in [6.45, 7) is 0. The van der Waals surface area contributed by atoms with Crippen LogP contribution in [0, 0.1) is 0 Å². The highest BCUT2D eigenvalue weighted by Crippen LogP contribution is 2.43. The van der Waals surface area contributed by atoms with Gasteiger partial charge in [-0.1, -0.05) is 224 Å². The van der Waals surface area contributed by atoms with Crippen LogP contribution in [0.1, 0.15) is 0 Å². The molecule has 5 nitrogen and oxygen atoms in total. The van der Waals surface area contributed by atoms with Crippen LogP contribution >= 0.6 is 0 Å². The molecular formula is C59H39N5. The van der Waals surface area contributed by atoms with E-state index in [2.05, 4.69) is 140 Å². The van der Waals surface area contributed by atoms with Crippen molar-refractivity contribution in [3.05, 3.63) is 237 Å². The highest BCUT2D eigenvalue weighted by atomic mass is 15.0. The number of aromatic nitrogens is 5. The van der Waals surface area contributed by atoms with Gasteiger partial charge in [-0.15, -0.1) is 0 Å². The van der Waals surface area contributed by atoms with Crippen LogP contribution in [0.3, 0.4) is 0 Å². The van der Waals surface area contributed by atoms with Gasteiger partial charge in [-0.3, -0.25) is 0 Å². The van der Waals surface area contributed by atoms with Gasteiger partial charge in [0, 0.05) is 38.9 Å². The Morgan fingerprint density at radius 1 is 0.219 bits per heavy atom. The predicted octanol–water partition coefficient (Wildman–Crippen LogP) is 14.8. The maximum atomic E-state index is 5.17. The van der Waals surface area contributed by atoms with Crippen LogP contribution in [0.5, 0.6) is 0 Å². The largest absolute Gasteiger partial charge is 0.228 e. The highest BCUT2D eigenvalue weighted by Gasteiger charge is 2.20. The SMILES string of the molecule is c1ccc(-c2cc(-c3ccccc3)nc(-c3ccc(-c4ccc(-c5ccccc5-c5c(-c6nc(-c7ccccc7)nc(-c7ccccc7)n6)ccc6ccccc56)cc4)cc3)n2)cc1. The number of nitrogens with zero attached hydrogens (tertiary/aromatic N) is 5. The Labute approximate surface area is 372 Å². The molecule has 0 amide bonds. The van der Waals surface area contributed by atoms with Crippen molar-refractivity contribution in [2.75, 3.05) is 0 Å². The van der Waals surface area contributed by atoms with Gasteiger partial charge in [-0.05, 0) is 50.7 Å². The van der Waals surface area contributed by atoms with Crippen LogP contribution < -0.4 is 0 Å². The number of hydrogen-bond donors (Lipinski definition) is 0. The molecule has 5 heteroatoms. The van der Waals surface area contributed by atoms with E-state index >= 15 is 0 Å². The number of rotatable bonds is 9. The van der Waals surface area contributed by atoms with Crippen molar-refractivity contribution in [2.45, 2.75) is 0 Å². The summed E-state index contributed by atoms with van der Waals surface area (Å²) in [5.74, 6) is 2.57. The molecule has 11 aromatic rings. The summed E-state index contributed by atoms with van der Waals surface area (Å²) < 4.78 is 0. The molecule has 0 bridgehead atoms. The molecule has 2 aromatic heterocycles. The maximum absolute atomic E-state index is 5.17. The van der Waals surface area contributed by atoms with E-state index < -0.39 is 0 Å². The van der Waals surface area contributed by atoms with Crippen LogP contribution in [0.4, 0.5) is 0 Å². The first-order valence-corrected chi connectivity index (χ1v) is 21.4. The van der Waals surface area contributed by atoms with E-state index in [1.807, 2.05) is 97.1 Å². The summed E-state index contributed by atoms with van der Waals surface area (Å²) in [7, 11) is 0. The zero-order valence-corrected chi connectivity index (χ0v) is 34.8. The third kappa shape index (κ3) is 7.63. The van der Waals surface area contributed by atoms with Gasteiger partial charge in [0.15, 0.2) is 23.3 Å². The van der Waals surface area contributed by atoms with Crippen molar-refractivity contribution in [3.63, 3.8) is 0 Å². The van der Waals surface area contributed by atoms with E-state index in [0.29, 0.717) is 23.3 Å². The molecule has 0 atom stereocenters. The van der Waals surface area contributed by atoms with E-state index in [9.17, 15) is 0 Å². The minimum absolute atomic E-state index is 0.621. The Bertz CT molecular complexity index is 3280. The van der Waals surface area contributed by atoms with Crippen molar-refractivity contribution in [3.8, 4) is 101 Å². The van der Waals surface area contributed by atoms with Crippen molar-refractivity contribution < 1.29 is 0 Å². The first kappa shape index (κ1) is 38.3. The van der Waals surface area contributed by atoms with Crippen LogP contribution in [-0.4, -0.2) is 24.9 Å². The fourth-order valence-electron chi connectivity index (χ4n) is 8.37. The van der Waals surface area contributed by atoms with E-state index in [1.54, 1.807) is 0 Å². The quantitative estimate of drug-likeness (QED) is 0.145. The smallest absolute Gasteiger partial charge is 0.164 e. The van der Waals surface area contributed by atoms with Crippen molar-refractivity contribution in [1.29, 1.82) is 0 Å². The normalized spacial score (nSPS) is 11.1. The summed E-state index contributed by atoms with van der Waals surface area (Å²) in [5, 5.41) is 2.27. The minimum atomic E-state index is 0.621. The topological polar surface area (TPSA) is 64.5 Å². The zero-order valence-electron chi connectivity index (χ0n) is 34.8. The lowest BCUT2D eigenvalue weighted by molar-refractivity contribution is 1.07. The molecule has 0 spiro atoms.